The van der Waals surface area contributed by atoms with E-state index in [1.165, 1.54) is 10.9 Å². The summed E-state index contributed by atoms with van der Waals surface area (Å²) in [6.07, 6.45) is 1.49. The van der Waals surface area contributed by atoms with Crippen molar-refractivity contribution in [3.8, 4) is 17.3 Å². The van der Waals surface area contributed by atoms with Gasteiger partial charge >= 0.3 is 0 Å². The molecule has 0 saturated carbocycles. The molecule has 180 valence electrons. The summed E-state index contributed by atoms with van der Waals surface area (Å²) in [6, 6.07) is 21.9. The lowest BCUT2D eigenvalue weighted by Crippen LogP contribution is -2.21. The molecular weight excluding hydrogens is 458 g/mol. The van der Waals surface area contributed by atoms with Crippen molar-refractivity contribution in [2.45, 2.75) is 0 Å². The highest BCUT2D eigenvalue weighted by atomic mass is 16.5. The second-order valence-electron chi connectivity index (χ2n) is 8.33. The topological polar surface area (TPSA) is 116 Å². The molecule has 1 amide bonds. The fourth-order valence-electron chi connectivity index (χ4n) is 3.78. The highest BCUT2D eigenvalue weighted by Gasteiger charge is 2.16. The standard InChI is InChI=1S/C27H23N5O4/c1-31(2)19-12-11-18(23(14-19)35-16-25(28)33)15-29-32-26(24-13-17-7-3-6-10-22(17)36-24)30-21-9-5-4-8-20(21)27(32)34/h3-15H,16H2,1-2H3,(H2,28,33). The van der Waals surface area contributed by atoms with Crippen LogP contribution in [0.5, 0.6) is 5.75 Å². The molecule has 0 aliphatic carbocycles. The van der Waals surface area contributed by atoms with Crippen LogP contribution in [0, 0.1) is 0 Å². The van der Waals surface area contributed by atoms with Crippen molar-refractivity contribution in [3.05, 3.63) is 88.7 Å². The molecule has 0 bridgehead atoms. The number of nitrogens with zero attached hydrogens (tertiary/aromatic N) is 4. The maximum absolute atomic E-state index is 13.5. The van der Waals surface area contributed by atoms with Crippen LogP contribution in [0.2, 0.25) is 0 Å². The maximum atomic E-state index is 13.5. The van der Waals surface area contributed by atoms with Crippen LogP contribution in [0.15, 0.2) is 87.1 Å². The molecule has 9 heteroatoms. The van der Waals surface area contributed by atoms with Gasteiger partial charge in [0.05, 0.1) is 17.1 Å². The minimum Gasteiger partial charge on any atom is -0.483 e. The van der Waals surface area contributed by atoms with Crippen LogP contribution >= 0.6 is 0 Å². The third-order valence-corrected chi connectivity index (χ3v) is 5.60. The van der Waals surface area contributed by atoms with Gasteiger partial charge in [0.15, 0.2) is 12.4 Å². The van der Waals surface area contributed by atoms with Gasteiger partial charge in [-0.3, -0.25) is 9.59 Å². The molecule has 0 fully saturated rings. The first kappa shape index (κ1) is 22.9. The number of para-hydroxylation sites is 2. The second-order valence-corrected chi connectivity index (χ2v) is 8.33. The SMILES string of the molecule is CN(C)c1ccc(C=Nn2c(-c3cc4ccccc4o3)nc3ccccc3c2=O)c(OCC(N)=O)c1. The normalized spacial score (nSPS) is 11.4. The summed E-state index contributed by atoms with van der Waals surface area (Å²) in [7, 11) is 3.78. The highest BCUT2D eigenvalue weighted by molar-refractivity contribution is 5.87. The first-order valence-electron chi connectivity index (χ1n) is 11.2. The van der Waals surface area contributed by atoms with Gasteiger partial charge in [-0.25, -0.2) is 4.98 Å². The average molecular weight is 482 g/mol. The molecule has 9 nitrogen and oxygen atoms in total. The molecule has 0 spiro atoms. The molecule has 0 saturated heterocycles. The Bertz CT molecular complexity index is 1650. The van der Waals surface area contributed by atoms with Crippen LogP contribution in [0.3, 0.4) is 0 Å². The Kier molecular flexibility index (Phi) is 5.95. The quantitative estimate of drug-likeness (QED) is 0.355. The number of benzene rings is 3. The van der Waals surface area contributed by atoms with Crippen LogP contribution < -0.4 is 20.9 Å². The summed E-state index contributed by atoms with van der Waals surface area (Å²) >= 11 is 0. The second kappa shape index (κ2) is 9.38. The summed E-state index contributed by atoms with van der Waals surface area (Å²) in [5.74, 6) is 0.464. The molecule has 2 N–H and O–H groups in total. The molecule has 2 aromatic heterocycles. The molecule has 2 heterocycles. The molecule has 0 atom stereocenters. The van der Waals surface area contributed by atoms with Crippen molar-refractivity contribution in [2.75, 3.05) is 25.6 Å². The number of carbonyl (C=O) groups excluding carboxylic acids is 1. The number of nitrogens with two attached hydrogens (primary N) is 1. The maximum Gasteiger partial charge on any atom is 0.282 e. The van der Waals surface area contributed by atoms with E-state index < -0.39 is 5.91 Å². The van der Waals surface area contributed by atoms with Gasteiger partial charge in [-0.15, -0.1) is 0 Å². The van der Waals surface area contributed by atoms with Gasteiger partial charge in [0.1, 0.15) is 11.3 Å². The predicted octanol–water partition coefficient (Wildman–Crippen LogP) is 3.62. The van der Waals surface area contributed by atoms with Gasteiger partial charge in [-0.2, -0.15) is 9.78 Å². The molecule has 5 rings (SSSR count). The highest BCUT2D eigenvalue weighted by Crippen LogP contribution is 2.28. The van der Waals surface area contributed by atoms with Crippen LogP contribution in [0.1, 0.15) is 5.56 Å². The van der Waals surface area contributed by atoms with Crippen LogP contribution in [-0.2, 0) is 4.79 Å². The zero-order valence-corrected chi connectivity index (χ0v) is 19.7. The van der Waals surface area contributed by atoms with Crippen molar-refractivity contribution in [3.63, 3.8) is 0 Å². The Morgan fingerprint density at radius 3 is 2.67 bits per heavy atom. The number of carbonyl (C=O) groups is 1. The van der Waals surface area contributed by atoms with E-state index >= 15 is 0 Å². The van der Waals surface area contributed by atoms with E-state index in [0.29, 0.717) is 33.6 Å². The lowest BCUT2D eigenvalue weighted by Gasteiger charge is -2.15. The first-order valence-corrected chi connectivity index (χ1v) is 11.2. The number of anilines is 1. The third-order valence-electron chi connectivity index (χ3n) is 5.60. The lowest BCUT2D eigenvalue weighted by molar-refractivity contribution is -0.119. The van der Waals surface area contributed by atoms with Gasteiger partial charge in [-0.1, -0.05) is 30.3 Å². The summed E-state index contributed by atoms with van der Waals surface area (Å²) in [5, 5.41) is 5.78. The molecule has 5 aromatic rings. The smallest absolute Gasteiger partial charge is 0.282 e. The summed E-state index contributed by atoms with van der Waals surface area (Å²) in [4.78, 5) is 31.4. The average Bonchev–Trinajstić information content (AvgIpc) is 3.31. The Morgan fingerprint density at radius 1 is 1.11 bits per heavy atom. The predicted molar refractivity (Wildman–Crippen MR) is 140 cm³/mol. The number of primary amides is 1. The van der Waals surface area contributed by atoms with E-state index in [9.17, 15) is 9.59 Å². The molecule has 0 radical (unpaired) electrons. The van der Waals surface area contributed by atoms with E-state index in [0.717, 1.165) is 11.1 Å². The largest absolute Gasteiger partial charge is 0.483 e. The Hall–Kier alpha value is -4.92. The summed E-state index contributed by atoms with van der Waals surface area (Å²) in [6.45, 7) is -0.292. The third kappa shape index (κ3) is 4.41. The summed E-state index contributed by atoms with van der Waals surface area (Å²) in [5.41, 5.74) is 7.54. The van der Waals surface area contributed by atoms with E-state index in [1.807, 2.05) is 61.5 Å². The van der Waals surface area contributed by atoms with Crippen molar-refractivity contribution in [2.24, 2.45) is 10.8 Å². The molecule has 0 unspecified atom stereocenters. The fraction of sp³-hybridized carbons (Fsp3) is 0.111. The van der Waals surface area contributed by atoms with Crippen molar-refractivity contribution in [1.29, 1.82) is 0 Å². The van der Waals surface area contributed by atoms with Crippen molar-refractivity contribution in [1.82, 2.24) is 9.66 Å². The summed E-state index contributed by atoms with van der Waals surface area (Å²) < 4.78 is 12.8. The van der Waals surface area contributed by atoms with Gasteiger partial charge < -0.3 is 19.8 Å². The zero-order chi connectivity index (χ0) is 25.2. The molecule has 0 aliphatic rings. The number of amides is 1. The Labute approximate surface area is 206 Å². The molecule has 3 aromatic carbocycles. The first-order chi connectivity index (χ1) is 17.4. The fourth-order valence-corrected chi connectivity index (χ4v) is 3.78. The van der Waals surface area contributed by atoms with E-state index in [4.69, 9.17) is 14.9 Å². The number of hydrogen-bond acceptors (Lipinski definition) is 7. The number of ether oxygens (including phenoxy) is 1. The van der Waals surface area contributed by atoms with Crippen LogP contribution in [0.25, 0.3) is 33.5 Å². The van der Waals surface area contributed by atoms with Gasteiger partial charge in [-0.05, 0) is 36.4 Å². The number of aromatic nitrogens is 2. The number of fused-ring (bicyclic) bond motifs is 2. The monoisotopic (exact) mass is 481 g/mol. The minimum absolute atomic E-state index is 0.260. The Morgan fingerprint density at radius 2 is 1.89 bits per heavy atom. The minimum atomic E-state index is -0.602. The van der Waals surface area contributed by atoms with Crippen molar-refractivity contribution >= 4 is 39.7 Å². The van der Waals surface area contributed by atoms with Gasteiger partial charge in [0.25, 0.3) is 11.5 Å². The van der Waals surface area contributed by atoms with Crippen LogP contribution in [-0.4, -0.2) is 42.5 Å². The zero-order valence-electron chi connectivity index (χ0n) is 19.7. The van der Waals surface area contributed by atoms with E-state index in [-0.39, 0.29) is 18.0 Å². The van der Waals surface area contributed by atoms with E-state index in [2.05, 4.69) is 10.1 Å². The van der Waals surface area contributed by atoms with Gasteiger partial charge in [0, 0.05) is 36.8 Å². The number of hydrogen-bond donors (Lipinski definition) is 1. The van der Waals surface area contributed by atoms with Crippen molar-refractivity contribution < 1.29 is 13.9 Å². The molecule has 0 aliphatic heterocycles. The molecule has 36 heavy (non-hydrogen) atoms. The van der Waals surface area contributed by atoms with Gasteiger partial charge in [0.2, 0.25) is 5.82 Å². The molecular formula is C27H23N5O4. The number of furan rings is 1. The Balaban J connectivity index is 1.66. The van der Waals surface area contributed by atoms with Crippen LogP contribution in [0.4, 0.5) is 5.69 Å². The number of rotatable bonds is 7. The lowest BCUT2D eigenvalue weighted by atomic mass is 10.2. The van der Waals surface area contributed by atoms with E-state index in [1.54, 1.807) is 30.3 Å².